The van der Waals surface area contributed by atoms with Crippen molar-refractivity contribution in [1.29, 1.82) is 0 Å². The van der Waals surface area contributed by atoms with E-state index in [0.29, 0.717) is 58.1 Å². The van der Waals surface area contributed by atoms with Crippen LogP contribution in [0.25, 0.3) is 11.0 Å². The number of carbonyl (C=O) groups is 1. The van der Waals surface area contributed by atoms with Gasteiger partial charge >= 0.3 is 0 Å². The van der Waals surface area contributed by atoms with Gasteiger partial charge in [-0.25, -0.2) is 4.98 Å². The molecule has 1 spiro atoms. The van der Waals surface area contributed by atoms with Crippen LogP contribution in [0, 0.1) is 5.92 Å². The van der Waals surface area contributed by atoms with Crippen molar-refractivity contribution in [3.63, 3.8) is 0 Å². The minimum Gasteiger partial charge on any atom is -0.351 e. The Morgan fingerprint density at radius 3 is 2.47 bits per heavy atom. The molecule has 6 rings (SSSR count). The molecule has 1 aromatic heterocycles. The van der Waals surface area contributed by atoms with E-state index in [4.69, 9.17) is 14.5 Å². The maximum Gasteiger partial charge on any atom is 0.294 e. The van der Waals surface area contributed by atoms with Gasteiger partial charge in [-0.15, -0.1) is 0 Å². The molecule has 0 N–H and O–H groups in total. The number of rotatable bonds is 4. The zero-order valence-corrected chi connectivity index (χ0v) is 20.5. The summed E-state index contributed by atoms with van der Waals surface area (Å²) in [5, 5.41) is 0. The first-order chi connectivity index (χ1) is 17.6. The van der Waals surface area contributed by atoms with Gasteiger partial charge in [-0.2, -0.15) is 0 Å². The summed E-state index contributed by atoms with van der Waals surface area (Å²) in [6.45, 7) is 4.27. The van der Waals surface area contributed by atoms with Crippen LogP contribution in [-0.2, 0) is 20.8 Å². The second-order valence-corrected chi connectivity index (χ2v) is 10.0. The van der Waals surface area contributed by atoms with Crippen molar-refractivity contribution >= 4 is 22.8 Å². The predicted octanol–water partition coefficient (Wildman–Crippen LogP) is 3.03. The summed E-state index contributed by atoms with van der Waals surface area (Å²) in [6, 6.07) is 17.8. The van der Waals surface area contributed by atoms with E-state index < -0.39 is 5.79 Å². The number of aromatic nitrogens is 2. The van der Waals surface area contributed by atoms with Gasteiger partial charge in [-0.05, 0) is 30.5 Å². The highest BCUT2D eigenvalue weighted by molar-refractivity contribution is 5.80. The van der Waals surface area contributed by atoms with Gasteiger partial charge in [0, 0.05) is 39.0 Å². The number of piperidine rings is 2. The quantitative estimate of drug-likeness (QED) is 0.562. The van der Waals surface area contributed by atoms with Crippen LogP contribution in [0.3, 0.4) is 0 Å². The normalized spacial score (nSPS) is 21.8. The highest BCUT2D eigenvalue weighted by Gasteiger charge is 2.42. The summed E-state index contributed by atoms with van der Waals surface area (Å²) in [7, 11) is 0. The van der Waals surface area contributed by atoms with Crippen LogP contribution in [0.2, 0.25) is 0 Å². The molecule has 0 saturated carbocycles. The average molecular weight is 489 g/mol. The third-order valence-electron chi connectivity index (χ3n) is 7.74. The Kier molecular flexibility index (Phi) is 6.23. The van der Waals surface area contributed by atoms with E-state index in [0.717, 1.165) is 36.0 Å². The van der Waals surface area contributed by atoms with Crippen molar-refractivity contribution in [2.75, 3.05) is 44.3 Å². The van der Waals surface area contributed by atoms with E-state index >= 15 is 0 Å². The van der Waals surface area contributed by atoms with Crippen LogP contribution in [0.15, 0.2) is 59.4 Å². The summed E-state index contributed by atoms with van der Waals surface area (Å²) in [6.07, 6.45) is 3.11. The molecule has 1 atom stereocenters. The van der Waals surface area contributed by atoms with E-state index in [1.807, 2.05) is 69.0 Å². The molecule has 8 nitrogen and oxygen atoms in total. The fraction of sp³-hybridized carbons (Fsp3) is 0.464. The van der Waals surface area contributed by atoms with Gasteiger partial charge in [0.25, 0.3) is 5.56 Å². The lowest BCUT2D eigenvalue weighted by molar-refractivity contribution is -0.188. The van der Waals surface area contributed by atoms with Gasteiger partial charge in [-0.3, -0.25) is 14.2 Å². The molecule has 188 valence electrons. The molecule has 0 bridgehead atoms. The van der Waals surface area contributed by atoms with Crippen LogP contribution < -0.4 is 10.5 Å². The number of ether oxygens (including phenoxy) is 2. The summed E-state index contributed by atoms with van der Waals surface area (Å²) in [4.78, 5) is 36.0. The van der Waals surface area contributed by atoms with Crippen molar-refractivity contribution < 1.29 is 14.3 Å². The Hall–Kier alpha value is -3.23. The second kappa shape index (κ2) is 9.67. The summed E-state index contributed by atoms with van der Waals surface area (Å²) in [5.74, 6) is -0.0345. The maximum absolute atomic E-state index is 13.7. The Bertz CT molecular complexity index is 1290. The minimum absolute atomic E-state index is 0.110. The van der Waals surface area contributed by atoms with Crippen LogP contribution in [-0.4, -0.2) is 65.5 Å². The molecule has 8 heteroatoms. The van der Waals surface area contributed by atoms with Crippen LogP contribution in [0.5, 0.6) is 0 Å². The number of likely N-dealkylation sites (tertiary alicyclic amines) is 1. The molecule has 3 aromatic rings. The molecular weight excluding hydrogens is 456 g/mol. The molecule has 3 aliphatic heterocycles. The number of carbonyl (C=O) groups excluding carboxylic acids is 1. The van der Waals surface area contributed by atoms with E-state index in [-0.39, 0.29) is 17.4 Å². The fourth-order valence-corrected chi connectivity index (χ4v) is 5.79. The minimum atomic E-state index is -0.492. The number of hydrogen-bond donors (Lipinski definition) is 0. The number of anilines is 1. The SMILES string of the molecule is O=C(C1CCCN(c2nc3ccccc3n(Cc3ccccc3)c2=O)C1)N1CCC2(CC1)OCCO2. The Balaban J connectivity index is 1.24. The number of benzene rings is 2. The standard InChI is InChI=1S/C28H32N4O4/c33-26(30-15-12-28(13-16-30)35-17-18-36-28)22-9-6-14-31(20-22)25-27(34)32(19-21-7-2-1-3-8-21)24-11-5-4-10-23(24)29-25/h1-5,7-8,10-11,22H,6,9,12-20H2. The number of amides is 1. The highest BCUT2D eigenvalue weighted by atomic mass is 16.7. The number of hydrogen-bond acceptors (Lipinski definition) is 6. The van der Waals surface area contributed by atoms with Crippen LogP contribution in [0.4, 0.5) is 5.82 Å². The van der Waals surface area contributed by atoms with E-state index in [1.54, 1.807) is 0 Å². The monoisotopic (exact) mass is 488 g/mol. The van der Waals surface area contributed by atoms with Crippen molar-refractivity contribution in [3.8, 4) is 0 Å². The van der Waals surface area contributed by atoms with Gasteiger partial charge in [0.05, 0.1) is 36.7 Å². The lowest BCUT2D eigenvalue weighted by atomic mass is 9.94. The van der Waals surface area contributed by atoms with E-state index in [1.165, 1.54) is 0 Å². The first-order valence-corrected chi connectivity index (χ1v) is 13.0. The van der Waals surface area contributed by atoms with Crippen molar-refractivity contribution in [2.24, 2.45) is 5.92 Å². The largest absolute Gasteiger partial charge is 0.351 e. The van der Waals surface area contributed by atoms with Crippen molar-refractivity contribution in [1.82, 2.24) is 14.5 Å². The smallest absolute Gasteiger partial charge is 0.294 e. The van der Waals surface area contributed by atoms with Crippen LogP contribution >= 0.6 is 0 Å². The number of para-hydroxylation sites is 2. The second-order valence-electron chi connectivity index (χ2n) is 10.0. The lowest BCUT2D eigenvalue weighted by Gasteiger charge is -2.40. The Morgan fingerprint density at radius 1 is 0.972 bits per heavy atom. The van der Waals surface area contributed by atoms with E-state index in [9.17, 15) is 9.59 Å². The molecule has 3 aliphatic rings. The molecule has 3 fully saturated rings. The van der Waals surface area contributed by atoms with Gasteiger partial charge < -0.3 is 19.3 Å². The summed E-state index contributed by atoms with van der Waals surface area (Å²) < 4.78 is 13.4. The first kappa shape index (κ1) is 23.2. The Morgan fingerprint density at radius 2 is 1.69 bits per heavy atom. The van der Waals surface area contributed by atoms with Gasteiger partial charge in [0.15, 0.2) is 11.6 Å². The third kappa shape index (κ3) is 4.40. The molecule has 36 heavy (non-hydrogen) atoms. The average Bonchev–Trinajstić information content (AvgIpc) is 3.38. The summed E-state index contributed by atoms with van der Waals surface area (Å²) >= 11 is 0. The zero-order valence-electron chi connectivity index (χ0n) is 20.5. The fourth-order valence-electron chi connectivity index (χ4n) is 5.79. The molecule has 0 radical (unpaired) electrons. The zero-order chi connectivity index (χ0) is 24.5. The van der Waals surface area contributed by atoms with Crippen molar-refractivity contribution in [3.05, 3.63) is 70.5 Å². The molecule has 1 unspecified atom stereocenters. The van der Waals surface area contributed by atoms with Gasteiger partial charge in [0.1, 0.15) is 0 Å². The highest BCUT2D eigenvalue weighted by Crippen LogP contribution is 2.32. The molecular formula is C28H32N4O4. The Labute approximate surface area is 210 Å². The molecule has 1 amide bonds. The summed E-state index contributed by atoms with van der Waals surface area (Å²) in [5.41, 5.74) is 2.56. The van der Waals surface area contributed by atoms with Gasteiger partial charge in [0.2, 0.25) is 5.91 Å². The third-order valence-corrected chi connectivity index (χ3v) is 7.74. The molecule has 3 saturated heterocycles. The maximum atomic E-state index is 13.7. The van der Waals surface area contributed by atoms with E-state index in [2.05, 4.69) is 0 Å². The van der Waals surface area contributed by atoms with Gasteiger partial charge in [-0.1, -0.05) is 42.5 Å². The lowest BCUT2D eigenvalue weighted by Crippen LogP contribution is -2.51. The topological polar surface area (TPSA) is 76.9 Å². The molecule has 0 aliphatic carbocycles. The molecule has 2 aromatic carbocycles. The number of nitrogens with zero attached hydrogens (tertiary/aromatic N) is 4. The predicted molar refractivity (Wildman–Crippen MR) is 137 cm³/mol. The molecule has 4 heterocycles. The number of fused-ring (bicyclic) bond motifs is 1. The van der Waals surface area contributed by atoms with Crippen molar-refractivity contribution in [2.45, 2.75) is 38.0 Å². The van der Waals surface area contributed by atoms with Crippen LogP contribution in [0.1, 0.15) is 31.2 Å². The first-order valence-electron chi connectivity index (χ1n) is 13.0.